The summed E-state index contributed by atoms with van der Waals surface area (Å²) < 4.78 is 0. The quantitative estimate of drug-likeness (QED) is 0.819. The third kappa shape index (κ3) is 4.88. The average molecular weight is 235 g/mol. The molecular weight excluding hydrogens is 210 g/mol. The van der Waals surface area contributed by atoms with Crippen LogP contribution in [0.1, 0.15) is 33.3 Å². The number of benzene rings is 1. The van der Waals surface area contributed by atoms with E-state index in [1.807, 2.05) is 18.2 Å². The Balaban J connectivity index is 2.51. The largest absolute Gasteiger partial charge is 0.391 e. The molecule has 0 bridgehead atoms. The second-order valence-corrected chi connectivity index (χ2v) is 5.23. The van der Waals surface area contributed by atoms with Crippen molar-refractivity contribution in [1.29, 1.82) is 0 Å². The fraction of sp³-hybridized carbons (Fsp3) is 0.600. The molecule has 0 heterocycles. The predicted octanol–water partition coefficient (Wildman–Crippen LogP) is 2.71. The summed E-state index contributed by atoms with van der Waals surface area (Å²) in [5.41, 5.74) is 1.20. The Bertz CT molecular complexity index is 300. The first-order valence-corrected chi connectivity index (χ1v) is 6.48. The highest BCUT2D eigenvalue weighted by Crippen LogP contribution is 2.09. The SMILES string of the molecule is CC(C)N(CC(O)Cc1ccccc1)C(C)C. The maximum absolute atomic E-state index is 10.1. The van der Waals surface area contributed by atoms with Crippen LogP contribution in [0.5, 0.6) is 0 Å². The monoisotopic (exact) mass is 235 g/mol. The van der Waals surface area contributed by atoms with Crippen LogP contribution in [0.3, 0.4) is 0 Å². The normalized spacial score (nSPS) is 13.6. The smallest absolute Gasteiger partial charge is 0.0707 e. The molecule has 2 nitrogen and oxygen atoms in total. The Morgan fingerprint density at radius 2 is 1.53 bits per heavy atom. The van der Waals surface area contributed by atoms with Gasteiger partial charge < -0.3 is 5.11 Å². The average Bonchev–Trinajstić information content (AvgIpc) is 2.26. The number of aliphatic hydroxyl groups excluding tert-OH is 1. The summed E-state index contributed by atoms with van der Waals surface area (Å²) in [7, 11) is 0. The van der Waals surface area contributed by atoms with E-state index in [0.717, 1.165) is 13.0 Å². The molecule has 17 heavy (non-hydrogen) atoms. The van der Waals surface area contributed by atoms with Crippen molar-refractivity contribution in [2.45, 2.75) is 52.3 Å². The van der Waals surface area contributed by atoms with E-state index in [2.05, 4.69) is 44.7 Å². The van der Waals surface area contributed by atoms with E-state index < -0.39 is 0 Å². The lowest BCUT2D eigenvalue weighted by atomic mass is 10.1. The van der Waals surface area contributed by atoms with Gasteiger partial charge in [0, 0.05) is 18.6 Å². The van der Waals surface area contributed by atoms with Gasteiger partial charge in [-0.2, -0.15) is 0 Å². The zero-order chi connectivity index (χ0) is 12.8. The number of hydrogen-bond donors (Lipinski definition) is 1. The van der Waals surface area contributed by atoms with E-state index in [1.54, 1.807) is 0 Å². The standard InChI is InChI=1S/C15H25NO/c1-12(2)16(13(3)4)11-15(17)10-14-8-6-5-7-9-14/h5-9,12-13,15,17H,10-11H2,1-4H3. The molecule has 0 saturated carbocycles. The minimum absolute atomic E-state index is 0.290. The van der Waals surface area contributed by atoms with Crippen molar-refractivity contribution in [2.75, 3.05) is 6.54 Å². The maximum Gasteiger partial charge on any atom is 0.0707 e. The van der Waals surface area contributed by atoms with Gasteiger partial charge in [0.15, 0.2) is 0 Å². The van der Waals surface area contributed by atoms with Crippen molar-refractivity contribution in [2.24, 2.45) is 0 Å². The van der Waals surface area contributed by atoms with Gasteiger partial charge in [-0.1, -0.05) is 30.3 Å². The Kier molecular flexibility index (Phi) is 5.66. The number of rotatable bonds is 6. The van der Waals surface area contributed by atoms with Gasteiger partial charge in [0.05, 0.1) is 6.10 Å². The highest BCUT2D eigenvalue weighted by molar-refractivity contribution is 5.15. The molecule has 0 spiro atoms. The van der Waals surface area contributed by atoms with E-state index in [4.69, 9.17) is 0 Å². The van der Waals surface area contributed by atoms with Crippen LogP contribution in [0, 0.1) is 0 Å². The van der Waals surface area contributed by atoms with Gasteiger partial charge in [-0.15, -0.1) is 0 Å². The summed E-state index contributed by atoms with van der Waals surface area (Å²) >= 11 is 0. The molecule has 1 rings (SSSR count). The molecule has 1 atom stereocenters. The van der Waals surface area contributed by atoms with Crippen molar-refractivity contribution in [1.82, 2.24) is 4.90 Å². The lowest BCUT2D eigenvalue weighted by Gasteiger charge is -2.32. The summed E-state index contributed by atoms with van der Waals surface area (Å²) in [4.78, 5) is 2.33. The van der Waals surface area contributed by atoms with Gasteiger partial charge in [-0.3, -0.25) is 4.90 Å². The van der Waals surface area contributed by atoms with E-state index in [-0.39, 0.29) is 6.10 Å². The van der Waals surface area contributed by atoms with E-state index in [9.17, 15) is 5.11 Å². The zero-order valence-electron chi connectivity index (χ0n) is 11.4. The van der Waals surface area contributed by atoms with Crippen LogP contribution >= 0.6 is 0 Å². The van der Waals surface area contributed by atoms with Crippen LogP contribution in [0.15, 0.2) is 30.3 Å². The summed E-state index contributed by atoms with van der Waals surface area (Å²) in [5, 5.41) is 10.1. The van der Waals surface area contributed by atoms with E-state index in [0.29, 0.717) is 12.1 Å². The summed E-state index contributed by atoms with van der Waals surface area (Å²) in [6.45, 7) is 9.44. The van der Waals surface area contributed by atoms with Crippen LogP contribution in [0.25, 0.3) is 0 Å². The highest BCUT2D eigenvalue weighted by atomic mass is 16.3. The zero-order valence-corrected chi connectivity index (χ0v) is 11.4. The van der Waals surface area contributed by atoms with Crippen molar-refractivity contribution >= 4 is 0 Å². The summed E-state index contributed by atoms with van der Waals surface area (Å²) in [6.07, 6.45) is 0.443. The van der Waals surface area contributed by atoms with Crippen LogP contribution in [-0.4, -0.2) is 34.7 Å². The van der Waals surface area contributed by atoms with Gasteiger partial charge >= 0.3 is 0 Å². The highest BCUT2D eigenvalue weighted by Gasteiger charge is 2.17. The Labute approximate surface area is 105 Å². The third-order valence-corrected chi connectivity index (χ3v) is 3.06. The number of aliphatic hydroxyl groups is 1. The van der Waals surface area contributed by atoms with Crippen molar-refractivity contribution in [3.63, 3.8) is 0 Å². The Hall–Kier alpha value is -0.860. The van der Waals surface area contributed by atoms with Gasteiger partial charge in [-0.25, -0.2) is 0 Å². The summed E-state index contributed by atoms with van der Waals surface area (Å²) in [6, 6.07) is 11.1. The lowest BCUT2D eigenvalue weighted by molar-refractivity contribution is 0.0759. The maximum atomic E-state index is 10.1. The van der Waals surface area contributed by atoms with Gasteiger partial charge in [0.25, 0.3) is 0 Å². The lowest BCUT2D eigenvalue weighted by Crippen LogP contribution is -2.42. The van der Waals surface area contributed by atoms with Crippen LogP contribution in [0.2, 0.25) is 0 Å². The van der Waals surface area contributed by atoms with Crippen LogP contribution in [-0.2, 0) is 6.42 Å². The van der Waals surface area contributed by atoms with Gasteiger partial charge in [0.1, 0.15) is 0 Å². The third-order valence-electron chi connectivity index (χ3n) is 3.06. The molecule has 0 aliphatic rings. The van der Waals surface area contributed by atoms with Crippen LogP contribution in [0.4, 0.5) is 0 Å². The second kappa shape index (κ2) is 6.77. The molecule has 0 fully saturated rings. The van der Waals surface area contributed by atoms with Gasteiger partial charge in [-0.05, 0) is 39.7 Å². The van der Waals surface area contributed by atoms with Crippen molar-refractivity contribution in [3.8, 4) is 0 Å². The minimum atomic E-state index is -0.290. The molecule has 1 aromatic carbocycles. The molecule has 0 aliphatic carbocycles. The molecule has 1 unspecified atom stereocenters. The fourth-order valence-corrected chi connectivity index (χ4v) is 2.21. The van der Waals surface area contributed by atoms with Crippen LogP contribution < -0.4 is 0 Å². The first-order chi connectivity index (χ1) is 8.00. The fourth-order valence-electron chi connectivity index (χ4n) is 2.21. The predicted molar refractivity (Wildman–Crippen MR) is 73.1 cm³/mol. The first-order valence-electron chi connectivity index (χ1n) is 6.48. The molecule has 0 aromatic heterocycles. The van der Waals surface area contributed by atoms with Crippen molar-refractivity contribution in [3.05, 3.63) is 35.9 Å². The molecule has 0 radical (unpaired) electrons. The van der Waals surface area contributed by atoms with E-state index in [1.165, 1.54) is 5.56 Å². The molecule has 96 valence electrons. The van der Waals surface area contributed by atoms with E-state index >= 15 is 0 Å². The molecular formula is C15H25NO. The number of hydrogen-bond acceptors (Lipinski definition) is 2. The van der Waals surface area contributed by atoms with Gasteiger partial charge in [0.2, 0.25) is 0 Å². The molecule has 1 N–H and O–H groups in total. The second-order valence-electron chi connectivity index (χ2n) is 5.23. The molecule has 2 heteroatoms. The molecule has 0 aliphatic heterocycles. The Morgan fingerprint density at radius 3 is 2.00 bits per heavy atom. The summed E-state index contributed by atoms with van der Waals surface area (Å²) in [5.74, 6) is 0. The topological polar surface area (TPSA) is 23.5 Å². The Morgan fingerprint density at radius 1 is 1.00 bits per heavy atom. The van der Waals surface area contributed by atoms with Crippen molar-refractivity contribution < 1.29 is 5.11 Å². The molecule has 1 aromatic rings. The number of nitrogens with zero attached hydrogens (tertiary/aromatic N) is 1. The molecule has 0 saturated heterocycles. The minimum Gasteiger partial charge on any atom is -0.391 e. The first kappa shape index (κ1) is 14.2. The molecule has 0 amide bonds.